The van der Waals surface area contributed by atoms with Gasteiger partial charge in [-0.15, -0.1) is 24.0 Å². The van der Waals surface area contributed by atoms with Crippen LogP contribution in [0.2, 0.25) is 0 Å². The Labute approximate surface area is 193 Å². The average Bonchev–Trinajstić information content (AvgIpc) is 2.59. The molecule has 0 radical (unpaired) electrons. The summed E-state index contributed by atoms with van der Waals surface area (Å²) in [4.78, 5) is 9.67. The Hall–Kier alpha value is -1.12. The number of nitrogens with two attached hydrogens (primary N) is 4. The van der Waals surface area contributed by atoms with Crippen LogP contribution in [-0.2, 0) is 6.54 Å². The van der Waals surface area contributed by atoms with Gasteiger partial charge in [0.25, 0.3) is 5.69 Å². The minimum Gasteiger partial charge on any atom is -0.399 e. The Morgan fingerprint density at radius 2 is 1.62 bits per heavy atom. The summed E-state index contributed by atoms with van der Waals surface area (Å²) in [6.07, 6.45) is 0. The molecular formula is C15H21I3N6O2. The van der Waals surface area contributed by atoms with E-state index in [1.807, 2.05) is 0 Å². The number of nitriles is 1. The van der Waals surface area contributed by atoms with Crippen LogP contribution in [0.15, 0.2) is 36.4 Å². The third-order valence-electron chi connectivity index (χ3n) is 2.76. The number of rotatable bonds is 2. The molecule has 0 heterocycles. The maximum Gasteiger partial charge on any atom is 0.270 e. The lowest BCUT2D eigenvalue weighted by atomic mass is 10.1. The van der Waals surface area contributed by atoms with Gasteiger partial charge in [0.1, 0.15) is 6.07 Å². The smallest absolute Gasteiger partial charge is 0.270 e. The van der Waals surface area contributed by atoms with Crippen molar-refractivity contribution in [2.45, 2.75) is 14.0 Å². The molecule has 2 rings (SSSR count). The van der Waals surface area contributed by atoms with Gasteiger partial charge in [-0.25, -0.2) is 0 Å². The van der Waals surface area contributed by atoms with E-state index in [0.29, 0.717) is 17.9 Å². The fourth-order valence-corrected chi connectivity index (χ4v) is 1.56. The highest BCUT2D eigenvalue weighted by Crippen LogP contribution is 2.18. The standard InChI is InChI=1S/C7H5N3O2.C7H11N3.CH4.I2.HI/c8-4-5-3-6(10(11)12)1-2-7(5)9;8-4-5-3-6(9)1-2-7(5)10;;1-2;/h1-3H,9H2;1-3H,4,8-10H2;1H4;;1H. The summed E-state index contributed by atoms with van der Waals surface area (Å²) in [6, 6.07) is 10.8. The first kappa shape index (κ1) is 29.6. The number of hydrogen-bond acceptors (Lipinski definition) is 7. The molecule has 0 aliphatic carbocycles. The molecule has 0 saturated carbocycles. The topological polar surface area (TPSA) is 171 Å². The summed E-state index contributed by atoms with van der Waals surface area (Å²) in [5.74, 6) is 0. The molecule has 0 aromatic heterocycles. The van der Waals surface area contributed by atoms with Crippen molar-refractivity contribution in [2.24, 2.45) is 5.73 Å². The summed E-state index contributed by atoms with van der Waals surface area (Å²) < 4.78 is 0. The predicted molar refractivity (Wildman–Crippen MR) is 136 cm³/mol. The monoisotopic (exact) mass is 698 g/mol. The van der Waals surface area contributed by atoms with Gasteiger partial charge >= 0.3 is 0 Å². The number of nitro groups is 1. The molecule has 144 valence electrons. The van der Waals surface area contributed by atoms with Crippen molar-refractivity contribution in [1.82, 2.24) is 0 Å². The van der Waals surface area contributed by atoms with Gasteiger partial charge in [-0.05, 0) is 29.8 Å². The second-order valence-corrected chi connectivity index (χ2v) is 4.30. The Morgan fingerprint density at radius 3 is 2.04 bits per heavy atom. The quantitative estimate of drug-likeness (QED) is 0.156. The van der Waals surface area contributed by atoms with Crippen LogP contribution in [0, 0.1) is 21.4 Å². The van der Waals surface area contributed by atoms with E-state index in [9.17, 15) is 10.1 Å². The van der Waals surface area contributed by atoms with Crippen molar-refractivity contribution >= 4 is 84.0 Å². The lowest BCUT2D eigenvalue weighted by Crippen LogP contribution is -2.02. The number of halogens is 3. The SMILES string of the molecule is C.I.II.N#Cc1cc([N+](=O)[O-])ccc1N.NCc1cc(N)ccc1N. The Bertz CT molecular complexity index is 738. The molecule has 0 unspecified atom stereocenters. The van der Waals surface area contributed by atoms with Gasteiger partial charge in [0, 0.05) is 73.0 Å². The van der Waals surface area contributed by atoms with Crippen LogP contribution in [0.1, 0.15) is 18.6 Å². The number of hydrogen-bond donors (Lipinski definition) is 4. The van der Waals surface area contributed by atoms with Crippen molar-refractivity contribution in [1.29, 1.82) is 5.26 Å². The molecular weight excluding hydrogens is 677 g/mol. The van der Waals surface area contributed by atoms with Gasteiger partial charge in [-0.2, -0.15) is 5.26 Å². The van der Waals surface area contributed by atoms with E-state index < -0.39 is 4.92 Å². The van der Waals surface area contributed by atoms with Crippen molar-refractivity contribution in [3.05, 3.63) is 57.6 Å². The molecule has 0 fully saturated rings. The highest BCUT2D eigenvalue weighted by Gasteiger charge is 2.07. The molecule has 0 spiro atoms. The molecule has 0 saturated heterocycles. The minimum absolute atomic E-state index is 0. The van der Waals surface area contributed by atoms with Gasteiger partial charge in [0.15, 0.2) is 0 Å². The normalized spacial score (nSPS) is 8.08. The van der Waals surface area contributed by atoms with Crippen LogP contribution < -0.4 is 22.9 Å². The Balaban J connectivity index is -0.000000350. The van der Waals surface area contributed by atoms with Crippen molar-refractivity contribution in [2.75, 3.05) is 17.2 Å². The third kappa shape index (κ3) is 10.1. The number of benzene rings is 2. The van der Waals surface area contributed by atoms with Crippen LogP contribution in [0.3, 0.4) is 0 Å². The first-order chi connectivity index (χ1) is 11.4. The number of nitro benzene ring substituents is 1. The molecule has 11 heteroatoms. The highest BCUT2D eigenvalue weighted by molar-refractivity contribution is 15.0. The first-order valence-corrected chi connectivity index (χ1v) is 12.6. The fraction of sp³-hybridized carbons (Fsp3) is 0.133. The van der Waals surface area contributed by atoms with Crippen LogP contribution in [0.25, 0.3) is 0 Å². The summed E-state index contributed by atoms with van der Waals surface area (Å²) in [6.45, 7) is 0.441. The Kier molecular flexibility index (Phi) is 18.3. The van der Waals surface area contributed by atoms with Gasteiger partial charge in [-0.1, -0.05) is 7.43 Å². The van der Waals surface area contributed by atoms with Crippen molar-refractivity contribution in [3.63, 3.8) is 0 Å². The molecule has 8 N–H and O–H groups in total. The molecule has 0 amide bonds. The molecule has 2 aromatic rings. The zero-order valence-corrected chi connectivity index (χ0v) is 19.5. The largest absolute Gasteiger partial charge is 0.399 e. The number of nitrogens with zero attached hydrogens (tertiary/aromatic N) is 2. The van der Waals surface area contributed by atoms with Crippen LogP contribution in [0.4, 0.5) is 22.7 Å². The summed E-state index contributed by atoms with van der Waals surface area (Å²) in [7, 11) is 0. The first-order valence-electron chi connectivity index (χ1n) is 6.31. The summed E-state index contributed by atoms with van der Waals surface area (Å²) in [5.41, 5.74) is 24.4. The van der Waals surface area contributed by atoms with E-state index in [-0.39, 0.29) is 48.3 Å². The van der Waals surface area contributed by atoms with E-state index in [4.69, 9.17) is 28.2 Å². The van der Waals surface area contributed by atoms with Gasteiger partial charge in [-0.3, -0.25) is 10.1 Å². The van der Waals surface area contributed by atoms with E-state index in [1.54, 1.807) is 24.3 Å². The summed E-state index contributed by atoms with van der Waals surface area (Å²) >= 11 is 4.24. The second kappa shape index (κ2) is 16.1. The summed E-state index contributed by atoms with van der Waals surface area (Å²) in [5, 5.41) is 18.7. The lowest BCUT2D eigenvalue weighted by molar-refractivity contribution is -0.384. The number of non-ortho nitro benzene ring substituents is 1. The van der Waals surface area contributed by atoms with Crippen LogP contribution in [-0.4, -0.2) is 4.92 Å². The molecule has 8 nitrogen and oxygen atoms in total. The molecule has 0 aliphatic rings. The molecule has 0 atom stereocenters. The zero-order valence-electron chi connectivity index (χ0n) is 12.9. The molecule has 0 aliphatic heterocycles. The number of nitrogen functional groups attached to an aromatic ring is 3. The van der Waals surface area contributed by atoms with Crippen molar-refractivity contribution < 1.29 is 4.92 Å². The van der Waals surface area contributed by atoms with Crippen LogP contribution >= 0.6 is 61.2 Å². The number of anilines is 3. The van der Waals surface area contributed by atoms with E-state index >= 15 is 0 Å². The van der Waals surface area contributed by atoms with Crippen molar-refractivity contribution in [3.8, 4) is 6.07 Å². The predicted octanol–water partition coefficient (Wildman–Crippen LogP) is 4.38. The lowest BCUT2D eigenvalue weighted by Gasteiger charge is -2.02. The zero-order chi connectivity index (χ0) is 18.7. The third-order valence-corrected chi connectivity index (χ3v) is 2.76. The molecule has 26 heavy (non-hydrogen) atoms. The maximum atomic E-state index is 10.2. The van der Waals surface area contributed by atoms with E-state index in [1.165, 1.54) is 12.1 Å². The van der Waals surface area contributed by atoms with Gasteiger partial charge < -0.3 is 22.9 Å². The Morgan fingerprint density at radius 1 is 1.08 bits per heavy atom. The van der Waals surface area contributed by atoms with Gasteiger partial charge in [0.05, 0.1) is 10.5 Å². The van der Waals surface area contributed by atoms with Gasteiger partial charge in [0.2, 0.25) is 0 Å². The van der Waals surface area contributed by atoms with E-state index in [0.717, 1.165) is 11.6 Å². The minimum atomic E-state index is -0.569. The second-order valence-electron chi connectivity index (χ2n) is 4.30. The van der Waals surface area contributed by atoms with E-state index in [2.05, 4.69) is 37.2 Å². The highest BCUT2D eigenvalue weighted by atomic mass is 128. The molecule has 2 aromatic carbocycles. The molecule has 0 bridgehead atoms. The van der Waals surface area contributed by atoms with Crippen LogP contribution in [0.5, 0.6) is 0 Å². The fourth-order valence-electron chi connectivity index (χ4n) is 1.56. The average molecular weight is 698 g/mol. The maximum absolute atomic E-state index is 10.2.